The van der Waals surface area contributed by atoms with Crippen LogP contribution in [0.2, 0.25) is 4.34 Å². The molecule has 2 heterocycles. The molecule has 2 aromatic heterocycles. The van der Waals surface area contributed by atoms with Gasteiger partial charge in [0.1, 0.15) is 6.61 Å². The number of nitrogens with one attached hydrogen (secondary N) is 1. The highest BCUT2D eigenvalue weighted by molar-refractivity contribution is 7.19. The van der Waals surface area contributed by atoms with Crippen LogP contribution >= 0.6 is 22.9 Å². The van der Waals surface area contributed by atoms with Crippen molar-refractivity contribution in [3.8, 4) is 10.6 Å². The maximum Gasteiger partial charge on any atom is 0.407 e. The number of carbonyl (C=O) groups excluding carboxylic acids is 1. The quantitative estimate of drug-likeness (QED) is 0.669. The Labute approximate surface area is 155 Å². The van der Waals surface area contributed by atoms with Crippen molar-refractivity contribution in [1.82, 2.24) is 10.3 Å². The Bertz CT molecular complexity index is 865. The van der Waals surface area contributed by atoms with Crippen LogP contribution in [0.3, 0.4) is 0 Å². The van der Waals surface area contributed by atoms with Gasteiger partial charge in [0.2, 0.25) is 0 Å². The van der Waals surface area contributed by atoms with Gasteiger partial charge in [-0.1, -0.05) is 48.0 Å². The van der Waals surface area contributed by atoms with E-state index >= 15 is 0 Å². The third kappa shape index (κ3) is 4.81. The van der Waals surface area contributed by atoms with Crippen LogP contribution in [0.25, 0.3) is 10.6 Å². The van der Waals surface area contributed by atoms with E-state index in [4.69, 9.17) is 16.3 Å². The summed E-state index contributed by atoms with van der Waals surface area (Å²) < 4.78 is 5.89. The highest BCUT2D eigenvalue weighted by atomic mass is 35.5. The van der Waals surface area contributed by atoms with Crippen LogP contribution in [-0.4, -0.2) is 11.1 Å². The third-order valence-corrected chi connectivity index (χ3v) is 4.86. The van der Waals surface area contributed by atoms with Crippen molar-refractivity contribution in [2.75, 3.05) is 0 Å². The van der Waals surface area contributed by atoms with Gasteiger partial charge in [0, 0.05) is 12.2 Å². The summed E-state index contributed by atoms with van der Waals surface area (Å²) in [6, 6.07) is 17.2. The van der Waals surface area contributed by atoms with Crippen molar-refractivity contribution in [1.29, 1.82) is 0 Å². The molecule has 0 aliphatic rings. The summed E-state index contributed by atoms with van der Waals surface area (Å²) in [6.45, 7) is 2.52. The maximum atomic E-state index is 11.9. The summed E-state index contributed by atoms with van der Waals surface area (Å²) >= 11 is 7.61. The predicted octanol–water partition coefficient (Wildman–Crippen LogP) is 5.20. The number of alkyl carbamates (subject to hydrolysis) is 1. The minimum Gasteiger partial charge on any atom is -0.445 e. The number of carbonyl (C=O) groups is 1. The molecule has 0 unspecified atom stereocenters. The second-order valence-corrected chi connectivity index (χ2v) is 7.17. The zero-order valence-electron chi connectivity index (χ0n) is 13.7. The number of nitrogens with zero attached hydrogens (tertiary/aromatic N) is 1. The van der Waals surface area contributed by atoms with Crippen LogP contribution in [0.1, 0.15) is 16.8 Å². The predicted molar refractivity (Wildman–Crippen MR) is 101 cm³/mol. The smallest absolute Gasteiger partial charge is 0.407 e. The molecule has 1 N–H and O–H groups in total. The van der Waals surface area contributed by atoms with Crippen LogP contribution in [0.4, 0.5) is 4.79 Å². The SMILES string of the molecule is Cc1cccc(-c2sc(Cl)cc2CNC(=O)OCc2ccccc2)n1. The molecule has 25 heavy (non-hydrogen) atoms. The lowest BCUT2D eigenvalue weighted by molar-refractivity contribution is 0.139. The van der Waals surface area contributed by atoms with E-state index in [9.17, 15) is 4.79 Å². The van der Waals surface area contributed by atoms with Gasteiger partial charge in [0.05, 0.1) is 14.9 Å². The standard InChI is InChI=1S/C19H17ClN2O2S/c1-13-6-5-9-16(22-13)18-15(10-17(20)25-18)11-21-19(23)24-12-14-7-3-2-4-8-14/h2-10H,11-12H2,1H3,(H,21,23). The number of amides is 1. The fourth-order valence-corrected chi connectivity index (χ4v) is 3.59. The molecule has 0 aliphatic carbocycles. The largest absolute Gasteiger partial charge is 0.445 e. The number of rotatable bonds is 5. The van der Waals surface area contributed by atoms with Crippen molar-refractivity contribution in [2.45, 2.75) is 20.1 Å². The molecule has 0 aliphatic heterocycles. The highest BCUT2D eigenvalue weighted by Crippen LogP contribution is 2.34. The number of halogens is 1. The number of aryl methyl sites for hydroxylation is 1. The first-order valence-electron chi connectivity index (χ1n) is 7.78. The second-order valence-electron chi connectivity index (χ2n) is 5.48. The number of aromatic nitrogens is 1. The number of hydrogen-bond acceptors (Lipinski definition) is 4. The molecule has 0 radical (unpaired) electrons. The van der Waals surface area contributed by atoms with E-state index in [1.165, 1.54) is 11.3 Å². The Morgan fingerprint density at radius 1 is 1.20 bits per heavy atom. The molecule has 0 spiro atoms. The van der Waals surface area contributed by atoms with Gasteiger partial charge in [-0.25, -0.2) is 4.79 Å². The third-order valence-electron chi connectivity index (χ3n) is 3.54. The van der Waals surface area contributed by atoms with Crippen LogP contribution in [0.5, 0.6) is 0 Å². The number of thiophene rings is 1. The molecule has 0 saturated heterocycles. The van der Waals surface area contributed by atoms with Gasteiger partial charge in [-0.3, -0.25) is 4.98 Å². The topological polar surface area (TPSA) is 51.2 Å². The molecule has 0 fully saturated rings. The fraction of sp³-hybridized carbons (Fsp3) is 0.158. The average Bonchev–Trinajstić information content (AvgIpc) is 3.00. The number of hydrogen-bond donors (Lipinski definition) is 1. The Balaban J connectivity index is 1.62. The summed E-state index contributed by atoms with van der Waals surface area (Å²) in [5.74, 6) is 0. The van der Waals surface area contributed by atoms with E-state index < -0.39 is 6.09 Å². The minimum atomic E-state index is -0.464. The average molecular weight is 373 g/mol. The molecule has 4 nitrogen and oxygen atoms in total. The molecule has 0 bridgehead atoms. The fourth-order valence-electron chi connectivity index (χ4n) is 2.35. The first-order valence-corrected chi connectivity index (χ1v) is 8.98. The van der Waals surface area contributed by atoms with Crippen molar-refractivity contribution < 1.29 is 9.53 Å². The normalized spacial score (nSPS) is 10.5. The number of ether oxygens (including phenoxy) is 1. The lowest BCUT2D eigenvalue weighted by atomic mass is 10.2. The Morgan fingerprint density at radius 2 is 2.00 bits per heavy atom. The lowest BCUT2D eigenvalue weighted by Crippen LogP contribution is -2.23. The van der Waals surface area contributed by atoms with Crippen molar-refractivity contribution in [3.63, 3.8) is 0 Å². The molecule has 6 heteroatoms. The van der Waals surface area contributed by atoms with Gasteiger partial charge in [-0.15, -0.1) is 11.3 Å². The van der Waals surface area contributed by atoms with E-state index in [2.05, 4.69) is 10.3 Å². The highest BCUT2D eigenvalue weighted by Gasteiger charge is 2.13. The number of benzene rings is 1. The molecule has 3 rings (SSSR count). The minimum absolute atomic E-state index is 0.239. The molecular formula is C19H17ClN2O2S. The monoisotopic (exact) mass is 372 g/mol. The molecule has 128 valence electrons. The van der Waals surface area contributed by atoms with Crippen LogP contribution in [-0.2, 0) is 17.9 Å². The van der Waals surface area contributed by atoms with Crippen molar-refractivity contribution in [2.24, 2.45) is 0 Å². The van der Waals surface area contributed by atoms with Gasteiger partial charge < -0.3 is 10.1 Å². The van der Waals surface area contributed by atoms with Crippen molar-refractivity contribution in [3.05, 3.63) is 75.8 Å². The summed E-state index contributed by atoms with van der Waals surface area (Å²) in [5.41, 5.74) is 3.65. The lowest BCUT2D eigenvalue weighted by Gasteiger charge is -2.08. The van der Waals surface area contributed by atoms with E-state index in [1.807, 2.05) is 61.5 Å². The Hall–Kier alpha value is -2.37. The summed E-state index contributed by atoms with van der Waals surface area (Å²) in [5, 5.41) is 2.77. The van der Waals surface area contributed by atoms with E-state index in [0.29, 0.717) is 10.9 Å². The molecule has 1 amide bonds. The Kier molecular flexibility index (Phi) is 5.68. The molecule has 0 saturated carbocycles. The van der Waals surface area contributed by atoms with Crippen molar-refractivity contribution >= 4 is 29.0 Å². The van der Waals surface area contributed by atoms with Crippen LogP contribution in [0.15, 0.2) is 54.6 Å². The van der Waals surface area contributed by atoms with Crippen LogP contribution in [0, 0.1) is 6.92 Å². The molecule has 1 aromatic carbocycles. The van der Waals surface area contributed by atoms with Gasteiger partial charge in [-0.2, -0.15) is 0 Å². The Morgan fingerprint density at radius 3 is 2.76 bits per heavy atom. The maximum absolute atomic E-state index is 11.9. The molecular weight excluding hydrogens is 356 g/mol. The van der Waals surface area contributed by atoms with E-state index in [1.54, 1.807) is 0 Å². The summed E-state index contributed by atoms with van der Waals surface area (Å²) in [4.78, 5) is 17.4. The van der Waals surface area contributed by atoms with E-state index in [-0.39, 0.29) is 6.61 Å². The van der Waals surface area contributed by atoms with Gasteiger partial charge in [-0.05, 0) is 36.2 Å². The first-order chi connectivity index (χ1) is 12.1. The summed E-state index contributed by atoms with van der Waals surface area (Å²) in [7, 11) is 0. The summed E-state index contributed by atoms with van der Waals surface area (Å²) in [6.07, 6.45) is -0.464. The molecule has 3 aromatic rings. The number of pyridine rings is 1. The zero-order chi connectivity index (χ0) is 17.6. The zero-order valence-corrected chi connectivity index (χ0v) is 15.2. The van der Waals surface area contributed by atoms with E-state index in [0.717, 1.165) is 27.4 Å². The van der Waals surface area contributed by atoms with Gasteiger partial charge >= 0.3 is 6.09 Å². The van der Waals surface area contributed by atoms with Crippen LogP contribution < -0.4 is 5.32 Å². The first kappa shape index (κ1) is 17.5. The van der Waals surface area contributed by atoms with Gasteiger partial charge in [0.15, 0.2) is 0 Å². The van der Waals surface area contributed by atoms with Gasteiger partial charge in [0.25, 0.3) is 0 Å². The second kappa shape index (κ2) is 8.14. The molecule has 0 atom stereocenters.